The summed E-state index contributed by atoms with van der Waals surface area (Å²) in [6.45, 7) is 5.08. The second kappa shape index (κ2) is 6.18. The monoisotopic (exact) mass is 298 g/mol. The van der Waals surface area contributed by atoms with Crippen LogP contribution < -0.4 is 4.90 Å². The lowest BCUT2D eigenvalue weighted by atomic mass is 10.1. The van der Waals surface area contributed by atoms with Gasteiger partial charge in [-0.15, -0.1) is 0 Å². The molecule has 2 aromatic rings. The summed E-state index contributed by atoms with van der Waals surface area (Å²) in [6, 6.07) is 14.2. The number of nitrogens with zero attached hydrogens (tertiary/aromatic N) is 2. The van der Waals surface area contributed by atoms with Crippen LogP contribution in [0.5, 0.6) is 0 Å². The maximum absolute atomic E-state index is 12.9. The van der Waals surface area contributed by atoms with Gasteiger partial charge in [0, 0.05) is 37.4 Å². The molecule has 1 amide bonds. The molecule has 22 heavy (non-hydrogen) atoms. The van der Waals surface area contributed by atoms with Crippen molar-refractivity contribution in [3.8, 4) is 0 Å². The zero-order valence-electron chi connectivity index (χ0n) is 12.6. The zero-order chi connectivity index (χ0) is 15.5. The third kappa shape index (κ3) is 3.11. The third-order valence-electron chi connectivity index (χ3n) is 4.02. The van der Waals surface area contributed by atoms with Crippen molar-refractivity contribution in [1.29, 1.82) is 0 Å². The first kappa shape index (κ1) is 14.6. The van der Waals surface area contributed by atoms with E-state index in [0.717, 1.165) is 13.1 Å². The van der Waals surface area contributed by atoms with Crippen LogP contribution >= 0.6 is 0 Å². The van der Waals surface area contributed by atoms with Gasteiger partial charge in [-0.1, -0.05) is 12.1 Å². The van der Waals surface area contributed by atoms with Gasteiger partial charge in [-0.25, -0.2) is 4.39 Å². The quantitative estimate of drug-likeness (QED) is 0.850. The predicted octanol–water partition coefficient (Wildman–Crippen LogP) is 3.10. The molecule has 1 fully saturated rings. The second-order valence-electron chi connectivity index (χ2n) is 5.63. The number of carbonyl (C=O) groups excluding carboxylic acids is 1. The van der Waals surface area contributed by atoms with E-state index in [9.17, 15) is 9.18 Å². The van der Waals surface area contributed by atoms with E-state index in [-0.39, 0.29) is 11.7 Å². The van der Waals surface area contributed by atoms with Crippen molar-refractivity contribution in [1.82, 2.24) is 4.90 Å². The average molecular weight is 298 g/mol. The Bertz CT molecular complexity index is 661. The molecule has 0 saturated carbocycles. The Morgan fingerprint density at radius 1 is 1.00 bits per heavy atom. The van der Waals surface area contributed by atoms with E-state index in [1.54, 1.807) is 12.1 Å². The molecular formula is C18H19FN2O. The molecule has 4 heteroatoms. The molecule has 0 N–H and O–H groups in total. The van der Waals surface area contributed by atoms with E-state index in [2.05, 4.69) is 36.1 Å². The molecule has 3 rings (SSSR count). The van der Waals surface area contributed by atoms with Gasteiger partial charge < -0.3 is 9.80 Å². The standard InChI is InChI=1S/C18H19FN2O/c1-14-3-2-4-17(13-14)20-9-11-21(12-10-20)18(22)15-5-7-16(19)8-6-15/h2-8,13H,9-12H2,1H3. The van der Waals surface area contributed by atoms with Crippen LogP contribution in [0.3, 0.4) is 0 Å². The van der Waals surface area contributed by atoms with Crippen LogP contribution in [0.25, 0.3) is 0 Å². The van der Waals surface area contributed by atoms with E-state index in [0.29, 0.717) is 18.7 Å². The predicted molar refractivity (Wildman–Crippen MR) is 85.7 cm³/mol. The molecular weight excluding hydrogens is 279 g/mol. The summed E-state index contributed by atoms with van der Waals surface area (Å²) in [5, 5.41) is 0. The number of carbonyl (C=O) groups is 1. The van der Waals surface area contributed by atoms with Crippen molar-refractivity contribution < 1.29 is 9.18 Å². The summed E-state index contributed by atoms with van der Waals surface area (Å²) in [4.78, 5) is 16.5. The summed E-state index contributed by atoms with van der Waals surface area (Å²) in [6.07, 6.45) is 0. The number of amides is 1. The summed E-state index contributed by atoms with van der Waals surface area (Å²) in [7, 11) is 0. The van der Waals surface area contributed by atoms with E-state index < -0.39 is 0 Å². The molecule has 1 saturated heterocycles. The minimum atomic E-state index is -0.319. The smallest absolute Gasteiger partial charge is 0.253 e. The number of rotatable bonds is 2. The molecule has 0 radical (unpaired) electrons. The molecule has 0 bridgehead atoms. The number of halogens is 1. The molecule has 0 aromatic heterocycles. The Morgan fingerprint density at radius 3 is 2.32 bits per heavy atom. The highest BCUT2D eigenvalue weighted by molar-refractivity contribution is 5.94. The van der Waals surface area contributed by atoms with Gasteiger partial charge >= 0.3 is 0 Å². The fourth-order valence-electron chi connectivity index (χ4n) is 2.77. The summed E-state index contributed by atoms with van der Waals surface area (Å²) in [5.74, 6) is -0.343. The Kier molecular flexibility index (Phi) is 4.09. The van der Waals surface area contributed by atoms with Crippen molar-refractivity contribution in [3.63, 3.8) is 0 Å². The van der Waals surface area contributed by atoms with Crippen molar-refractivity contribution in [2.75, 3.05) is 31.1 Å². The van der Waals surface area contributed by atoms with Crippen LogP contribution in [0.2, 0.25) is 0 Å². The van der Waals surface area contributed by atoms with Gasteiger partial charge in [0.05, 0.1) is 0 Å². The molecule has 0 aliphatic carbocycles. The first-order chi connectivity index (χ1) is 10.6. The van der Waals surface area contributed by atoms with Gasteiger partial charge in [0.15, 0.2) is 0 Å². The average Bonchev–Trinajstić information content (AvgIpc) is 2.55. The normalized spacial score (nSPS) is 15.0. The van der Waals surface area contributed by atoms with Crippen LogP contribution in [0, 0.1) is 12.7 Å². The van der Waals surface area contributed by atoms with Crippen molar-refractivity contribution in [3.05, 3.63) is 65.5 Å². The molecule has 2 aromatic carbocycles. The fourth-order valence-corrected chi connectivity index (χ4v) is 2.77. The third-order valence-corrected chi connectivity index (χ3v) is 4.02. The molecule has 3 nitrogen and oxygen atoms in total. The van der Waals surface area contributed by atoms with Crippen LogP contribution in [0.1, 0.15) is 15.9 Å². The number of piperazine rings is 1. The first-order valence-electron chi connectivity index (χ1n) is 7.50. The number of benzene rings is 2. The van der Waals surface area contributed by atoms with Gasteiger partial charge in [-0.3, -0.25) is 4.79 Å². The van der Waals surface area contributed by atoms with Crippen LogP contribution in [0.15, 0.2) is 48.5 Å². The summed E-state index contributed by atoms with van der Waals surface area (Å²) >= 11 is 0. The molecule has 1 aliphatic rings. The van der Waals surface area contributed by atoms with E-state index in [1.165, 1.54) is 23.4 Å². The van der Waals surface area contributed by atoms with E-state index in [1.807, 2.05) is 4.90 Å². The SMILES string of the molecule is Cc1cccc(N2CCN(C(=O)c3ccc(F)cc3)CC2)c1. The summed E-state index contributed by atoms with van der Waals surface area (Å²) in [5.41, 5.74) is 2.99. The van der Waals surface area contributed by atoms with Gasteiger partial charge in [-0.05, 0) is 48.9 Å². The van der Waals surface area contributed by atoms with Gasteiger partial charge in [-0.2, -0.15) is 0 Å². The maximum atomic E-state index is 12.9. The fraction of sp³-hybridized carbons (Fsp3) is 0.278. The van der Waals surface area contributed by atoms with Gasteiger partial charge in [0.2, 0.25) is 0 Å². The lowest BCUT2D eigenvalue weighted by Gasteiger charge is -2.36. The number of aryl methyl sites for hydroxylation is 1. The minimum absolute atomic E-state index is 0.0242. The Hall–Kier alpha value is -2.36. The van der Waals surface area contributed by atoms with E-state index in [4.69, 9.17) is 0 Å². The van der Waals surface area contributed by atoms with E-state index >= 15 is 0 Å². The largest absolute Gasteiger partial charge is 0.368 e. The Balaban J connectivity index is 1.64. The first-order valence-corrected chi connectivity index (χ1v) is 7.50. The molecule has 1 aliphatic heterocycles. The Morgan fingerprint density at radius 2 is 1.68 bits per heavy atom. The van der Waals surface area contributed by atoms with Crippen molar-refractivity contribution in [2.45, 2.75) is 6.92 Å². The second-order valence-corrected chi connectivity index (χ2v) is 5.63. The molecule has 0 atom stereocenters. The highest BCUT2D eigenvalue weighted by Crippen LogP contribution is 2.18. The number of hydrogen-bond acceptors (Lipinski definition) is 2. The topological polar surface area (TPSA) is 23.6 Å². The maximum Gasteiger partial charge on any atom is 0.253 e. The van der Waals surface area contributed by atoms with Crippen molar-refractivity contribution >= 4 is 11.6 Å². The molecule has 0 unspecified atom stereocenters. The highest BCUT2D eigenvalue weighted by atomic mass is 19.1. The number of hydrogen-bond donors (Lipinski definition) is 0. The minimum Gasteiger partial charge on any atom is -0.368 e. The lowest BCUT2D eigenvalue weighted by molar-refractivity contribution is 0.0746. The van der Waals surface area contributed by atoms with Crippen molar-refractivity contribution in [2.24, 2.45) is 0 Å². The molecule has 114 valence electrons. The summed E-state index contributed by atoms with van der Waals surface area (Å²) < 4.78 is 12.9. The molecule has 0 spiro atoms. The van der Waals surface area contributed by atoms with Crippen LogP contribution in [-0.4, -0.2) is 37.0 Å². The lowest BCUT2D eigenvalue weighted by Crippen LogP contribution is -2.48. The van der Waals surface area contributed by atoms with Crippen LogP contribution in [-0.2, 0) is 0 Å². The molecule has 1 heterocycles. The highest BCUT2D eigenvalue weighted by Gasteiger charge is 2.22. The zero-order valence-corrected chi connectivity index (χ0v) is 12.6. The number of anilines is 1. The van der Waals surface area contributed by atoms with Gasteiger partial charge in [0.1, 0.15) is 5.82 Å². The Labute approximate surface area is 130 Å². The van der Waals surface area contributed by atoms with Crippen LogP contribution in [0.4, 0.5) is 10.1 Å². The van der Waals surface area contributed by atoms with Gasteiger partial charge in [0.25, 0.3) is 5.91 Å².